The molecule has 2 fully saturated rings. The lowest BCUT2D eigenvalue weighted by Crippen LogP contribution is -2.48. The smallest absolute Gasteiger partial charge is 0.221 e. The molecule has 116 valence electrons. The van der Waals surface area contributed by atoms with Crippen molar-refractivity contribution < 1.29 is 4.79 Å². The van der Waals surface area contributed by atoms with Crippen LogP contribution in [0.1, 0.15) is 58.3 Å². The summed E-state index contributed by atoms with van der Waals surface area (Å²) in [5.41, 5.74) is 0.0588. The number of nitrogens with zero attached hydrogens (tertiary/aromatic N) is 1. The first-order valence-electron chi connectivity index (χ1n) is 8.39. The zero-order valence-electron chi connectivity index (χ0n) is 13.2. The van der Waals surface area contributed by atoms with Gasteiger partial charge in [-0.25, -0.2) is 0 Å². The molecule has 0 aromatic rings. The third-order valence-electron chi connectivity index (χ3n) is 5.03. The highest BCUT2D eigenvalue weighted by Gasteiger charge is 2.32. The van der Waals surface area contributed by atoms with Gasteiger partial charge in [0.05, 0.1) is 0 Å². The average molecular weight is 281 g/mol. The molecule has 0 spiro atoms. The van der Waals surface area contributed by atoms with Crippen LogP contribution in [0, 0.1) is 0 Å². The third-order valence-corrected chi connectivity index (χ3v) is 5.03. The highest BCUT2D eigenvalue weighted by atomic mass is 16.1. The molecule has 2 aliphatic rings. The lowest BCUT2D eigenvalue weighted by Gasteiger charge is -2.36. The van der Waals surface area contributed by atoms with Crippen molar-refractivity contribution in [3.8, 4) is 0 Å². The zero-order valence-corrected chi connectivity index (χ0v) is 13.2. The topological polar surface area (TPSA) is 44.4 Å². The summed E-state index contributed by atoms with van der Waals surface area (Å²) in [6.45, 7) is 5.10. The molecule has 0 unspecified atom stereocenters. The fraction of sp³-hybridized carbons (Fsp3) is 0.938. The van der Waals surface area contributed by atoms with Crippen LogP contribution in [-0.2, 0) is 4.79 Å². The summed E-state index contributed by atoms with van der Waals surface area (Å²) in [6, 6.07) is 0.791. The number of hydrogen-bond acceptors (Lipinski definition) is 3. The standard InChI is InChI=1S/C16H31N3O/c1-3-19(14-7-8-14)12-11-18-15(20)13-16(17-2)9-5-4-6-10-16/h14,17H,3-13H2,1-2H3,(H,18,20). The Morgan fingerprint density at radius 2 is 1.95 bits per heavy atom. The van der Waals surface area contributed by atoms with Gasteiger partial charge in [0, 0.05) is 31.1 Å². The van der Waals surface area contributed by atoms with Crippen molar-refractivity contribution in [2.75, 3.05) is 26.7 Å². The molecule has 20 heavy (non-hydrogen) atoms. The van der Waals surface area contributed by atoms with Gasteiger partial charge in [0.25, 0.3) is 0 Å². The summed E-state index contributed by atoms with van der Waals surface area (Å²) in [5.74, 6) is 0.216. The minimum absolute atomic E-state index is 0.0588. The van der Waals surface area contributed by atoms with E-state index in [0.717, 1.165) is 38.5 Å². The number of carbonyl (C=O) groups is 1. The normalized spacial score (nSPS) is 21.9. The van der Waals surface area contributed by atoms with E-state index in [4.69, 9.17) is 0 Å². The summed E-state index contributed by atoms with van der Waals surface area (Å²) in [6.07, 6.45) is 9.41. The van der Waals surface area contributed by atoms with Gasteiger partial charge in [0.15, 0.2) is 0 Å². The molecule has 2 rings (SSSR count). The van der Waals surface area contributed by atoms with Crippen LogP contribution in [0.2, 0.25) is 0 Å². The minimum Gasteiger partial charge on any atom is -0.355 e. The van der Waals surface area contributed by atoms with Gasteiger partial charge in [-0.1, -0.05) is 26.2 Å². The molecule has 1 amide bonds. The Morgan fingerprint density at radius 1 is 1.25 bits per heavy atom. The van der Waals surface area contributed by atoms with Crippen LogP contribution in [0.15, 0.2) is 0 Å². The van der Waals surface area contributed by atoms with Crippen LogP contribution in [-0.4, -0.2) is 49.1 Å². The summed E-state index contributed by atoms with van der Waals surface area (Å²) in [4.78, 5) is 14.6. The molecular weight excluding hydrogens is 250 g/mol. The molecule has 2 aliphatic carbocycles. The van der Waals surface area contributed by atoms with Crippen molar-refractivity contribution in [3.63, 3.8) is 0 Å². The molecule has 0 bridgehead atoms. The number of hydrogen-bond donors (Lipinski definition) is 2. The SMILES string of the molecule is CCN(CCNC(=O)CC1(NC)CCCCC1)C1CC1. The molecule has 2 N–H and O–H groups in total. The van der Waals surface area contributed by atoms with E-state index < -0.39 is 0 Å². The van der Waals surface area contributed by atoms with Crippen molar-refractivity contribution in [3.05, 3.63) is 0 Å². The Bertz CT molecular complexity index is 309. The maximum absolute atomic E-state index is 12.2. The maximum Gasteiger partial charge on any atom is 0.221 e. The van der Waals surface area contributed by atoms with E-state index in [0.29, 0.717) is 6.42 Å². The van der Waals surface area contributed by atoms with E-state index >= 15 is 0 Å². The zero-order chi connectivity index (χ0) is 14.4. The fourth-order valence-electron chi connectivity index (χ4n) is 3.49. The molecular formula is C16H31N3O. The van der Waals surface area contributed by atoms with E-state index in [-0.39, 0.29) is 11.4 Å². The Morgan fingerprint density at radius 3 is 2.50 bits per heavy atom. The van der Waals surface area contributed by atoms with Gasteiger partial charge in [-0.2, -0.15) is 0 Å². The van der Waals surface area contributed by atoms with Crippen LogP contribution in [0.25, 0.3) is 0 Å². The second-order valence-corrected chi connectivity index (χ2v) is 6.48. The van der Waals surface area contributed by atoms with Gasteiger partial charge in [0.2, 0.25) is 5.91 Å². The van der Waals surface area contributed by atoms with E-state index in [9.17, 15) is 4.79 Å². The summed E-state index contributed by atoms with van der Waals surface area (Å²) in [5, 5.41) is 6.53. The van der Waals surface area contributed by atoms with Gasteiger partial charge in [0.1, 0.15) is 0 Å². The van der Waals surface area contributed by atoms with Crippen LogP contribution in [0.4, 0.5) is 0 Å². The van der Waals surface area contributed by atoms with Gasteiger partial charge in [-0.05, 0) is 39.3 Å². The fourth-order valence-corrected chi connectivity index (χ4v) is 3.49. The first-order chi connectivity index (χ1) is 9.69. The summed E-state index contributed by atoms with van der Waals surface area (Å²) in [7, 11) is 2.00. The number of nitrogens with one attached hydrogen (secondary N) is 2. The lowest BCUT2D eigenvalue weighted by molar-refractivity contribution is -0.122. The Balaban J connectivity index is 1.68. The molecule has 0 aromatic heterocycles. The van der Waals surface area contributed by atoms with Gasteiger partial charge in [-0.15, -0.1) is 0 Å². The summed E-state index contributed by atoms with van der Waals surface area (Å²) < 4.78 is 0. The monoisotopic (exact) mass is 281 g/mol. The Labute approximate surface area is 123 Å². The first kappa shape index (κ1) is 15.8. The average Bonchev–Trinajstić information content (AvgIpc) is 3.29. The van der Waals surface area contributed by atoms with Crippen molar-refractivity contribution in [1.29, 1.82) is 0 Å². The quantitative estimate of drug-likeness (QED) is 0.714. The molecule has 0 radical (unpaired) electrons. The van der Waals surface area contributed by atoms with Crippen LogP contribution >= 0.6 is 0 Å². The van der Waals surface area contributed by atoms with Gasteiger partial charge in [-0.3, -0.25) is 9.69 Å². The van der Waals surface area contributed by atoms with E-state index in [1.807, 2.05) is 7.05 Å². The predicted octanol–water partition coefficient (Wildman–Crippen LogP) is 1.90. The largest absolute Gasteiger partial charge is 0.355 e. The second kappa shape index (κ2) is 7.41. The van der Waals surface area contributed by atoms with Gasteiger partial charge < -0.3 is 10.6 Å². The summed E-state index contributed by atoms with van der Waals surface area (Å²) >= 11 is 0. The molecule has 2 saturated carbocycles. The Hall–Kier alpha value is -0.610. The van der Waals surface area contributed by atoms with E-state index in [1.54, 1.807) is 0 Å². The second-order valence-electron chi connectivity index (χ2n) is 6.48. The van der Waals surface area contributed by atoms with E-state index in [2.05, 4.69) is 22.5 Å². The van der Waals surface area contributed by atoms with Crippen LogP contribution < -0.4 is 10.6 Å². The molecule has 0 heterocycles. The van der Waals surface area contributed by atoms with Crippen LogP contribution in [0.3, 0.4) is 0 Å². The van der Waals surface area contributed by atoms with Crippen LogP contribution in [0.5, 0.6) is 0 Å². The lowest BCUT2D eigenvalue weighted by atomic mass is 9.79. The number of rotatable bonds is 8. The van der Waals surface area contributed by atoms with Crippen molar-refractivity contribution in [2.24, 2.45) is 0 Å². The third kappa shape index (κ3) is 4.45. The Kier molecular flexibility index (Phi) is 5.85. The minimum atomic E-state index is 0.0588. The molecule has 0 aromatic carbocycles. The first-order valence-corrected chi connectivity index (χ1v) is 8.39. The van der Waals surface area contributed by atoms with Crippen molar-refractivity contribution in [2.45, 2.75) is 69.9 Å². The highest BCUT2D eigenvalue weighted by molar-refractivity contribution is 5.77. The number of amides is 1. The van der Waals surface area contributed by atoms with Crippen molar-refractivity contribution >= 4 is 5.91 Å². The molecule has 4 nitrogen and oxygen atoms in total. The molecule has 4 heteroatoms. The highest BCUT2D eigenvalue weighted by Crippen LogP contribution is 2.30. The van der Waals surface area contributed by atoms with E-state index in [1.165, 1.54) is 32.1 Å². The molecule has 0 saturated heterocycles. The number of carbonyl (C=O) groups excluding carboxylic acids is 1. The predicted molar refractivity (Wildman–Crippen MR) is 82.8 cm³/mol. The molecule has 0 atom stereocenters. The maximum atomic E-state index is 12.2. The van der Waals surface area contributed by atoms with Crippen molar-refractivity contribution in [1.82, 2.24) is 15.5 Å². The van der Waals surface area contributed by atoms with Gasteiger partial charge >= 0.3 is 0 Å². The molecule has 0 aliphatic heterocycles. The number of likely N-dealkylation sites (N-methyl/N-ethyl adjacent to an activating group) is 1.